The first-order valence-electron chi connectivity index (χ1n) is 4.96. The molecule has 0 amide bonds. The van der Waals surface area contributed by atoms with Crippen molar-refractivity contribution in [2.75, 3.05) is 0 Å². The third kappa shape index (κ3) is 2.84. The maximum Gasteiger partial charge on any atom is 0.0656 e. The first kappa shape index (κ1) is 12.5. The summed E-state index contributed by atoms with van der Waals surface area (Å²) in [7, 11) is 0. The number of thiophene rings is 1. The van der Waals surface area contributed by atoms with Crippen LogP contribution in [-0.2, 0) is 0 Å². The van der Waals surface area contributed by atoms with Crippen LogP contribution in [0.4, 0.5) is 0 Å². The molecule has 2 unspecified atom stereocenters. The molecule has 2 atom stereocenters. The normalized spacial score (nSPS) is 14.7. The number of hydrogen-bond acceptors (Lipinski definition) is 2. The Bertz CT molecular complexity index is 457. The van der Waals surface area contributed by atoms with Gasteiger partial charge >= 0.3 is 0 Å². The van der Waals surface area contributed by atoms with E-state index in [0.717, 1.165) is 0 Å². The zero-order valence-corrected chi connectivity index (χ0v) is 13.3. The quantitative estimate of drug-likeness (QED) is 0.516. The molecule has 84 valence electrons. The topological polar surface area (TPSA) is 12.9 Å². The summed E-state index contributed by atoms with van der Waals surface area (Å²) in [6, 6.07) is 6.40. The molecule has 2 rings (SSSR count). The number of pyridine rings is 1. The second-order valence-corrected chi connectivity index (χ2v) is 7.45. The molecule has 2 heterocycles. The minimum Gasteiger partial charge on any atom is -0.265 e. The van der Waals surface area contributed by atoms with E-state index in [0.29, 0.717) is 10.7 Å². The van der Waals surface area contributed by atoms with Crippen molar-refractivity contribution >= 4 is 49.9 Å². The molecule has 0 saturated carbocycles. The third-order valence-corrected chi connectivity index (χ3v) is 5.71. The zero-order chi connectivity index (χ0) is 11.5. The molecule has 1 nitrogen and oxygen atoms in total. The molecule has 0 radical (unpaired) electrons. The molecule has 16 heavy (non-hydrogen) atoms. The summed E-state index contributed by atoms with van der Waals surface area (Å²) in [4.78, 5) is 4.42. The molecule has 0 aliphatic heterocycles. The van der Waals surface area contributed by atoms with E-state index in [4.69, 9.17) is 0 Å². The Morgan fingerprint density at radius 1 is 1.31 bits per heavy atom. The van der Waals surface area contributed by atoms with Crippen LogP contribution in [0, 0.1) is 2.88 Å². The van der Waals surface area contributed by atoms with Crippen molar-refractivity contribution in [3.8, 4) is 0 Å². The molecule has 4 heteroatoms. The predicted molar refractivity (Wildman–Crippen MR) is 81.4 cm³/mol. The van der Waals surface area contributed by atoms with Gasteiger partial charge in [-0.3, -0.25) is 4.98 Å². The van der Waals surface area contributed by atoms with Crippen molar-refractivity contribution in [1.82, 2.24) is 4.98 Å². The van der Waals surface area contributed by atoms with Gasteiger partial charge in [-0.25, -0.2) is 0 Å². The van der Waals surface area contributed by atoms with E-state index in [9.17, 15) is 0 Å². The van der Waals surface area contributed by atoms with Crippen LogP contribution >= 0.6 is 49.9 Å². The monoisotopic (exact) mass is 407 g/mol. The summed E-state index contributed by atoms with van der Waals surface area (Å²) >= 11 is 7.93. The molecular formula is C12H11BrINS. The van der Waals surface area contributed by atoms with Gasteiger partial charge in [0.05, 0.1) is 2.88 Å². The number of rotatable bonds is 3. The molecule has 0 bridgehead atoms. The van der Waals surface area contributed by atoms with E-state index in [1.165, 1.54) is 14.0 Å². The summed E-state index contributed by atoms with van der Waals surface area (Å²) in [5.41, 5.74) is 2.68. The minimum absolute atomic E-state index is 0.370. The Labute approximate surface area is 122 Å². The summed E-state index contributed by atoms with van der Waals surface area (Å²) in [6.45, 7) is 2.24. The first-order valence-corrected chi connectivity index (χ1v) is 7.84. The van der Waals surface area contributed by atoms with Crippen LogP contribution in [0.1, 0.15) is 28.8 Å². The van der Waals surface area contributed by atoms with Gasteiger partial charge in [0, 0.05) is 17.2 Å². The zero-order valence-electron chi connectivity index (χ0n) is 8.73. The fraction of sp³-hybridized carbons (Fsp3) is 0.250. The molecular weight excluding hydrogens is 397 g/mol. The highest BCUT2D eigenvalue weighted by Gasteiger charge is 2.18. The Morgan fingerprint density at radius 2 is 2.00 bits per heavy atom. The number of alkyl halides is 1. The van der Waals surface area contributed by atoms with E-state index in [2.05, 4.69) is 74.0 Å². The van der Waals surface area contributed by atoms with Crippen molar-refractivity contribution in [1.29, 1.82) is 0 Å². The van der Waals surface area contributed by atoms with Gasteiger partial charge in [-0.2, -0.15) is 0 Å². The molecule has 0 N–H and O–H groups in total. The van der Waals surface area contributed by atoms with Crippen LogP contribution in [0.2, 0.25) is 0 Å². The van der Waals surface area contributed by atoms with Crippen LogP contribution in [-0.4, -0.2) is 4.98 Å². The highest BCUT2D eigenvalue weighted by atomic mass is 127. The minimum atomic E-state index is 0.370. The van der Waals surface area contributed by atoms with Crippen LogP contribution in [0.5, 0.6) is 0 Å². The van der Waals surface area contributed by atoms with Gasteiger partial charge in [0.15, 0.2) is 0 Å². The Morgan fingerprint density at radius 3 is 2.56 bits per heavy atom. The highest BCUT2D eigenvalue weighted by molar-refractivity contribution is 14.1. The highest BCUT2D eigenvalue weighted by Crippen LogP contribution is 2.39. The van der Waals surface area contributed by atoms with Crippen LogP contribution in [0.15, 0.2) is 36.0 Å². The number of nitrogens with zero attached hydrogens (tertiary/aromatic N) is 1. The van der Waals surface area contributed by atoms with Gasteiger partial charge in [-0.05, 0) is 63.2 Å². The molecule has 0 saturated heterocycles. The van der Waals surface area contributed by atoms with Crippen molar-refractivity contribution in [2.45, 2.75) is 17.7 Å². The average molecular weight is 408 g/mol. The number of halogens is 2. The van der Waals surface area contributed by atoms with Gasteiger partial charge < -0.3 is 0 Å². The fourth-order valence-electron chi connectivity index (χ4n) is 1.59. The van der Waals surface area contributed by atoms with E-state index in [1.54, 1.807) is 11.3 Å². The second-order valence-electron chi connectivity index (χ2n) is 3.66. The lowest BCUT2D eigenvalue weighted by atomic mass is 9.96. The number of aromatic nitrogens is 1. The van der Waals surface area contributed by atoms with Crippen LogP contribution in [0.3, 0.4) is 0 Å². The summed E-state index contributed by atoms with van der Waals surface area (Å²) < 4.78 is 1.33. The SMILES string of the molecule is CC(c1ccncc1)C(Br)c1csc(I)c1. The molecule has 0 aliphatic carbocycles. The lowest BCUT2D eigenvalue weighted by Crippen LogP contribution is -2.01. The Hall–Kier alpha value is 0.0600. The molecule has 0 spiro atoms. The maximum atomic E-state index is 4.05. The smallest absolute Gasteiger partial charge is 0.0656 e. The van der Waals surface area contributed by atoms with Gasteiger partial charge in [-0.1, -0.05) is 22.9 Å². The Balaban J connectivity index is 2.19. The van der Waals surface area contributed by atoms with E-state index in [1.807, 2.05) is 12.4 Å². The van der Waals surface area contributed by atoms with Crippen molar-refractivity contribution in [3.05, 3.63) is 50.0 Å². The van der Waals surface area contributed by atoms with Gasteiger partial charge in [0.25, 0.3) is 0 Å². The summed E-state index contributed by atoms with van der Waals surface area (Å²) in [5.74, 6) is 0.452. The first-order chi connectivity index (χ1) is 7.68. The van der Waals surface area contributed by atoms with Gasteiger partial charge in [-0.15, -0.1) is 11.3 Å². The molecule has 0 aromatic carbocycles. The van der Waals surface area contributed by atoms with Crippen molar-refractivity contribution < 1.29 is 0 Å². The second kappa shape index (κ2) is 5.60. The molecule has 0 fully saturated rings. The Kier molecular flexibility index (Phi) is 4.38. The standard InChI is InChI=1S/C12H11BrINS/c1-8(9-2-4-15-5-3-9)12(13)10-6-11(14)16-7-10/h2-8,12H,1H3. The summed E-state index contributed by atoms with van der Waals surface area (Å²) in [5, 5.41) is 2.22. The van der Waals surface area contributed by atoms with E-state index < -0.39 is 0 Å². The summed E-state index contributed by atoms with van der Waals surface area (Å²) in [6.07, 6.45) is 3.70. The lowest BCUT2D eigenvalue weighted by molar-refractivity contribution is 0.752. The fourth-order valence-corrected chi connectivity index (χ4v) is 3.75. The van der Waals surface area contributed by atoms with E-state index in [-0.39, 0.29) is 0 Å². The molecule has 2 aromatic rings. The molecule has 2 aromatic heterocycles. The van der Waals surface area contributed by atoms with Crippen molar-refractivity contribution in [2.24, 2.45) is 0 Å². The van der Waals surface area contributed by atoms with Crippen LogP contribution < -0.4 is 0 Å². The van der Waals surface area contributed by atoms with E-state index >= 15 is 0 Å². The van der Waals surface area contributed by atoms with Crippen LogP contribution in [0.25, 0.3) is 0 Å². The largest absolute Gasteiger partial charge is 0.265 e. The van der Waals surface area contributed by atoms with Gasteiger partial charge in [0.1, 0.15) is 0 Å². The predicted octanol–water partition coefficient (Wildman–Crippen LogP) is 4.99. The maximum absolute atomic E-state index is 4.05. The van der Waals surface area contributed by atoms with Gasteiger partial charge in [0.2, 0.25) is 0 Å². The lowest BCUT2D eigenvalue weighted by Gasteiger charge is -2.17. The third-order valence-electron chi connectivity index (χ3n) is 2.58. The number of hydrogen-bond donors (Lipinski definition) is 0. The average Bonchev–Trinajstić information content (AvgIpc) is 2.75. The van der Waals surface area contributed by atoms with Crippen molar-refractivity contribution in [3.63, 3.8) is 0 Å². The molecule has 0 aliphatic rings.